The average Bonchev–Trinajstić information content (AvgIpc) is 2.69. The van der Waals surface area contributed by atoms with Crippen molar-refractivity contribution in [2.75, 3.05) is 0 Å². The zero-order valence-electron chi connectivity index (χ0n) is 17.1. The van der Waals surface area contributed by atoms with Gasteiger partial charge in [-0.2, -0.15) is 8.42 Å². The van der Waals surface area contributed by atoms with Gasteiger partial charge in [0.15, 0.2) is 0 Å². The third-order valence-electron chi connectivity index (χ3n) is 5.25. The Morgan fingerprint density at radius 1 is 0.714 bits per heavy atom. The predicted molar refractivity (Wildman–Crippen MR) is 117 cm³/mol. The van der Waals surface area contributed by atoms with Crippen LogP contribution in [0.1, 0.15) is 76.7 Å². The van der Waals surface area contributed by atoms with Crippen LogP contribution >= 0.6 is 0 Å². The minimum atomic E-state index is -4.26. The first-order valence-corrected chi connectivity index (χ1v) is 12.1. The van der Waals surface area contributed by atoms with E-state index in [9.17, 15) is 13.0 Å². The Balaban J connectivity index is 1.92. The molecule has 0 saturated heterocycles. The molecule has 3 nitrogen and oxygen atoms in total. The Labute approximate surface area is 170 Å². The molecule has 2 rings (SSSR count). The van der Waals surface area contributed by atoms with Gasteiger partial charge in [0.05, 0.1) is 0 Å². The molecule has 0 radical (unpaired) electrons. The number of rotatable bonds is 13. The van der Waals surface area contributed by atoms with E-state index in [0.717, 1.165) is 30.4 Å². The summed E-state index contributed by atoms with van der Waals surface area (Å²) in [5.74, 6) is 0. The first-order chi connectivity index (χ1) is 13.5. The highest BCUT2D eigenvalue weighted by molar-refractivity contribution is 7.86. The van der Waals surface area contributed by atoms with Gasteiger partial charge >= 0.3 is 0 Å². The van der Waals surface area contributed by atoms with E-state index in [-0.39, 0.29) is 4.90 Å². The van der Waals surface area contributed by atoms with Gasteiger partial charge in [0.1, 0.15) is 4.90 Å². The third-order valence-corrected chi connectivity index (χ3v) is 6.15. The van der Waals surface area contributed by atoms with Crippen molar-refractivity contribution in [3.05, 3.63) is 54.1 Å². The second-order valence-corrected chi connectivity index (χ2v) is 8.95. The van der Waals surface area contributed by atoms with E-state index in [1.165, 1.54) is 57.4 Å². The van der Waals surface area contributed by atoms with Crippen LogP contribution in [0.25, 0.3) is 11.1 Å². The molecule has 0 fully saturated rings. The minimum absolute atomic E-state index is 0.00304. The van der Waals surface area contributed by atoms with E-state index < -0.39 is 10.1 Å². The van der Waals surface area contributed by atoms with E-state index >= 15 is 0 Å². The van der Waals surface area contributed by atoms with Gasteiger partial charge in [-0.05, 0) is 30.0 Å². The van der Waals surface area contributed by atoms with Gasteiger partial charge in [-0.1, -0.05) is 107 Å². The zero-order chi connectivity index (χ0) is 20.2. The minimum Gasteiger partial charge on any atom is -0.282 e. The van der Waals surface area contributed by atoms with Crippen LogP contribution in [0.15, 0.2) is 53.4 Å². The van der Waals surface area contributed by atoms with Crippen LogP contribution in [0.4, 0.5) is 0 Å². The molecule has 154 valence electrons. The summed E-state index contributed by atoms with van der Waals surface area (Å²) in [6.45, 7) is 2.24. The van der Waals surface area contributed by atoms with Crippen molar-refractivity contribution in [3.8, 4) is 11.1 Å². The number of aryl methyl sites for hydroxylation is 1. The normalized spacial score (nSPS) is 11.6. The van der Waals surface area contributed by atoms with Crippen molar-refractivity contribution in [2.45, 2.75) is 82.4 Å². The lowest BCUT2D eigenvalue weighted by Gasteiger charge is -2.14. The summed E-state index contributed by atoms with van der Waals surface area (Å²) in [4.78, 5) is 0.00304. The summed E-state index contributed by atoms with van der Waals surface area (Å²) in [6.07, 6.45) is 13.5. The molecule has 0 atom stereocenters. The molecule has 2 aromatic rings. The standard InChI is InChI=1S/C24H34O3S/c1-2-3-4-5-6-7-8-9-10-12-16-22-19-15-20-23(28(25,26)27)24(22)21-17-13-11-14-18-21/h11,13-15,17-20H,2-10,12,16H2,1H3,(H,25,26,27). The van der Waals surface area contributed by atoms with Crippen molar-refractivity contribution in [1.82, 2.24) is 0 Å². The topological polar surface area (TPSA) is 54.4 Å². The lowest BCUT2D eigenvalue weighted by Crippen LogP contribution is -2.03. The van der Waals surface area contributed by atoms with E-state index in [4.69, 9.17) is 0 Å². The third kappa shape index (κ3) is 7.40. The Morgan fingerprint density at radius 2 is 1.29 bits per heavy atom. The van der Waals surface area contributed by atoms with Gasteiger partial charge in [-0.15, -0.1) is 0 Å². The van der Waals surface area contributed by atoms with Crippen LogP contribution < -0.4 is 0 Å². The Hall–Kier alpha value is -1.65. The highest BCUT2D eigenvalue weighted by Gasteiger charge is 2.19. The summed E-state index contributed by atoms with van der Waals surface area (Å²) in [6, 6.07) is 14.7. The molecular weight excluding hydrogens is 368 g/mol. The van der Waals surface area contributed by atoms with Crippen LogP contribution in [0.2, 0.25) is 0 Å². The smallest absolute Gasteiger partial charge is 0.282 e. The summed E-state index contributed by atoms with van der Waals surface area (Å²) >= 11 is 0. The molecule has 0 spiro atoms. The lowest BCUT2D eigenvalue weighted by molar-refractivity contribution is 0.483. The molecule has 0 aliphatic heterocycles. The van der Waals surface area contributed by atoms with Gasteiger partial charge in [0, 0.05) is 5.56 Å². The fourth-order valence-electron chi connectivity index (χ4n) is 3.74. The number of hydrogen-bond acceptors (Lipinski definition) is 2. The highest BCUT2D eigenvalue weighted by atomic mass is 32.2. The molecule has 28 heavy (non-hydrogen) atoms. The molecular formula is C24H34O3S. The Bertz CT molecular complexity index is 798. The molecule has 1 N–H and O–H groups in total. The van der Waals surface area contributed by atoms with Crippen LogP contribution in [0, 0.1) is 0 Å². The van der Waals surface area contributed by atoms with Crippen molar-refractivity contribution in [2.24, 2.45) is 0 Å². The maximum absolute atomic E-state index is 11.9. The van der Waals surface area contributed by atoms with E-state index in [1.54, 1.807) is 6.07 Å². The van der Waals surface area contributed by atoms with Crippen molar-refractivity contribution in [1.29, 1.82) is 0 Å². The Morgan fingerprint density at radius 3 is 1.86 bits per heavy atom. The van der Waals surface area contributed by atoms with Crippen LogP contribution in [0.5, 0.6) is 0 Å². The second kappa shape index (κ2) is 12.0. The SMILES string of the molecule is CCCCCCCCCCCCc1cccc(S(=O)(=O)O)c1-c1ccccc1. The van der Waals surface area contributed by atoms with Crippen molar-refractivity contribution < 1.29 is 13.0 Å². The fraction of sp³-hybridized carbons (Fsp3) is 0.500. The largest absolute Gasteiger partial charge is 0.295 e. The Kier molecular flexibility index (Phi) is 9.72. The van der Waals surface area contributed by atoms with E-state index in [2.05, 4.69) is 6.92 Å². The van der Waals surface area contributed by atoms with Crippen LogP contribution in [0.3, 0.4) is 0 Å². The zero-order valence-corrected chi connectivity index (χ0v) is 17.9. The molecule has 0 unspecified atom stereocenters. The highest BCUT2D eigenvalue weighted by Crippen LogP contribution is 2.32. The molecule has 0 saturated carbocycles. The molecule has 0 bridgehead atoms. The monoisotopic (exact) mass is 402 g/mol. The summed E-state index contributed by atoms with van der Waals surface area (Å²) in [5, 5.41) is 0. The second-order valence-electron chi connectivity index (χ2n) is 7.56. The lowest BCUT2D eigenvalue weighted by atomic mass is 9.95. The van der Waals surface area contributed by atoms with Crippen molar-refractivity contribution in [3.63, 3.8) is 0 Å². The number of hydrogen-bond donors (Lipinski definition) is 1. The first-order valence-electron chi connectivity index (χ1n) is 10.7. The number of benzene rings is 2. The molecule has 0 aliphatic carbocycles. The molecule has 0 aromatic heterocycles. The quantitative estimate of drug-likeness (QED) is 0.288. The predicted octanol–water partition coefficient (Wildman–Crippen LogP) is 7.06. The van der Waals surface area contributed by atoms with Gasteiger partial charge < -0.3 is 0 Å². The van der Waals surface area contributed by atoms with Gasteiger partial charge in [0.2, 0.25) is 0 Å². The van der Waals surface area contributed by atoms with Gasteiger partial charge in [0.25, 0.3) is 10.1 Å². The van der Waals surface area contributed by atoms with Gasteiger partial charge in [-0.25, -0.2) is 0 Å². The molecule has 2 aromatic carbocycles. The number of unbranched alkanes of at least 4 members (excludes halogenated alkanes) is 9. The molecule has 0 heterocycles. The maximum atomic E-state index is 11.9. The summed E-state index contributed by atoms with van der Waals surface area (Å²) < 4.78 is 33.4. The molecule has 4 heteroatoms. The molecule has 0 amide bonds. The van der Waals surface area contributed by atoms with Crippen molar-refractivity contribution >= 4 is 10.1 Å². The maximum Gasteiger partial charge on any atom is 0.295 e. The van der Waals surface area contributed by atoms with E-state index in [1.807, 2.05) is 36.4 Å². The summed E-state index contributed by atoms with van der Waals surface area (Å²) in [7, 11) is -4.26. The van der Waals surface area contributed by atoms with Crippen LogP contribution in [-0.2, 0) is 16.5 Å². The van der Waals surface area contributed by atoms with Crippen LogP contribution in [-0.4, -0.2) is 13.0 Å². The first kappa shape index (κ1) is 22.6. The fourth-order valence-corrected chi connectivity index (χ4v) is 4.49. The molecule has 0 aliphatic rings. The van der Waals surface area contributed by atoms with E-state index in [0.29, 0.717) is 5.56 Å². The average molecular weight is 403 g/mol. The van der Waals surface area contributed by atoms with Gasteiger partial charge in [-0.3, -0.25) is 4.55 Å². The summed E-state index contributed by atoms with van der Waals surface area (Å²) in [5.41, 5.74) is 2.46.